The highest BCUT2D eigenvalue weighted by molar-refractivity contribution is 5.99. The molecule has 3 nitrogen and oxygen atoms in total. The molecule has 0 spiro atoms. The van der Waals surface area contributed by atoms with Crippen LogP contribution in [0.4, 0.5) is 0 Å². The van der Waals surface area contributed by atoms with Gasteiger partial charge in [-0.25, -0.2) is 0 Å². The average Bonchev–Trinajstić information content (AvgIpc) is 1.94. The van der Waals surface area contributed by atoms with E-state index in [1.807, 2.05) is 13.0 Å². The molecule has 1 N–H and O–H groups in total. The first-order chi connectivity index (χ1) is 5.59. The van der Waals surface area contributed by atoms with E-state index in [0.29, 0.717) is 0 Å². The Morgan fingerprint density at radius 3 is 2.75 bits per heavy atom. The van der Waals surface area contributed by atoms with Gasteiger partial charge >= 0.3 is 0 Å². The zero-order valence-electron chi connectivity index (χ0n) is 7.13. The van der Waals surface area contributed by atoms with E-state index in [1.54, 1.807) is 6.08 Å². The Labute approximate surface area is 71.1 Å². The summed E-state index contributed by atoms with van der Waals surface area (Å²) in [5.41, 5.74) is 0.918. The minimum atomic E-state index is -0.466. The van der Waals surface area contributed by atoms with Gasteiger partial charge in [-0.05, 0) is 18.6 Å². The Balaban J connectivity index is 2.66. The molecule has 0 saturated heterocycles. The largest absolute Gasteiger partial charge is 0.343 e. The van der Waals surface area contributed by atoms with E-state index in [1.165, 1.54) is 13.0 Å². The van der Waals surface area contributed by atoms with Crippen molar-refractivity contribution in [1.29, 1.82) is 0 Å². The minimum Gasteiger partial charge on any atom is -0.343 e. The maximum Gasteiger partial charge on any atom is 0.217 e. The van der Waals surface area contributed by atoms with Crippen LogP contribution in [0.2, 0.25) is 0 Å². The molecule has 0 fully saturated rings. The molecule has 1 atom stereocenters. The van der Waals surface area contributed by atoms with E-state index in [-0.39, 0.29) is 11.7 Å². The normalized spacial score (nSPS) is 22.0. The first-order valence-electron chi connectivity index (χ1n) is 3.77. The summed E-state index contributed by atoms with van der Waals surface area (Å²) in [5, 5.41) is 2.53. The number of carbonyl (C=O) groups excluding carboxylic acids is 2. The topological polar surface area (TPSA) is 46.2 Å². The van der Waals surface area contributed by atoms with Gasteiger partial charge in [0.2, 0.25) is 5.91 Å². The summed E-state index contributed by atoms with van der Waals surface area (Å²) >= 11 is 0. The molecule has 0 radical (unpaired) electrons. The van der Waals surface area contributed by atoms with Crippen LogP contribution in [-0.4, -0.2) is 17.7 Å². The monoisotopic (exact) mass is 165 g/mol. The lowest BCUT2D eigenvalue weighted by molar-refractivity contribution is -0.123. The van der Waals surface area contributed by atoms with Gasteiger partial charge in [-0.15, -0.1) is 0 Å². The van der Waals surface area contributed by atoms with E-state index < -0.39 is 6.04 Å². The van der Waals surface area contributed by atoms with Crippen LogP contribution in [0.25, 0.3) is 0 Å². The first-order valence-corrected chi connectivity index (χ1v) is 3.77. The minimum absolute atomic E-state index is 0.0646. The molecule has 1 rings (SSSR count). The molecule has 0 aromatic rings. The van der Waals surface area contributed by atoms with Crippen molar-refractivity contribution in [2.45, 2.75) is 19.9 Å². The van der Waals surface area contributed by atoms with Crippen LogP contribution in [0.15, 0.2) is 23.8 Å². The van der Waals surface area contributed by atoms with E-state index in [9.17, 15) is 9.59 Å². The standard InChI is InChI=1S/C9H11NO2/c1-6-3-4-8(9(12)5-6)10-7(2)11/h3-5,8H,1-2H3,(H,10,11). The highest BCUT2D eigenvalue weighted by atomic mass is 16.2. The Kier molecular flexibility index (Phi) is 2.43. The van der Waals surface area contributed by atoms with Gasteiger partial charge in [-0.3, -0.25) is 9.59 Å². The first kappa shape index (κ1) is 8.71. The van der Waals surface area contributed by atoms with Crippen LogP contribution < -0.4 is 5.32 Å². The summed E-state index contributed by atoms with van der Waals surface area (Å²) in [6.45, 7) is 3.24. The predicted molar refractivity (Wildman–Crippen MR) is 45.5 cm³/mol. The van der Waals surface area contributed by atoms with Crippen molar-refractivity contribution in [1.82, 2.24) is 5.32 Å². The van der Waals surface area contributed by atoms with Crippen LogP contribution in [0.5, 0.6) is 0 Å². The average molecular weight is 165 g/mol. The molecule has 0 saturated carbocycles. The lowest BCUT2D eigenvalue weighted by Crippen LogP contribution is -2.38. The number of carbonyl (C=O) groups is 2. The Morgan fingerprint density at radius 1 is 1.58 bits per heavy atom. The molecule has 0 aliphatic heterocycles. The van der Waals surface area contributed by atoms with Crippen LogP contribution in [0, 0.1) is 0 Å². The highest BCUT2D eigenvalue weighted by Crippen LogP contribution is 2.06. The second-order valence-electron chi connectivity index (χ2n) is 2.83. The van der Waals surface area contributed by atoms with E-state index in [2.05, 4.69) is 5.32 Å². The summed E-state index contributed by atoms with van der Waals surface area (Å²) in [4.78, 5) is 21.8. The smallest absolute Gasteiger partial charge is 0.217 e. The summed E-state index contributed by atoms with van der Waals surface area (Å²) in [6, 6.07) is -0.466. The number of ketones is 1. The van der Waals surface area contributed by atoms with Crippen molar-refractivity contribution in [3.63, 3.8) is 0 Å². The van der Waals surface area contributed by atoms with Gasteiger partial charge in [0.15, 0.2) is 5.78 Å². The predicted octanol–water partition coefficient (Wildman–Crippen LogP) is 0.576. The van der Waals surface area contributed by atoms with Gasteiger partial charge < -0.3 is 5.32 Å². The number of nitrogens with one attached hydrogen (secondary N) is 1. The Bertz CT molecular complexity index is 276. The summed E-state index contributed by atoms with van der Waals surface area (Å²) < 4.78 is 0. The third kappa shape index (κ3) is 2.05. The molecular weight excluding hydrogens is 154 g/mol. The van der Waals surface area contributed by atoms with Gasteiger partial charge in [0.25, 0.3) is 0 Å². The van der Waals surface area contributed by atoms with Gasteiger partial charge in [-0.2, -0.15) is 0 Å². The molecule has 64 valence electrons. The third-order valence-electron chi connectivity index (χ3n) is 1.59. The quantitative estimate of drug-likeness (QED) is 0.617. The molecule has 1 aliphatic carbocycles. The zero-order valence-corrected chi connectivity index (χ0v) is 7.13. The third-order valence-corrected chi connectivity index (χ3v) is 1.59. The van der Waals surface area contributed by atoms with Crippen molar-refractivity contribution >= 4 is 11.7 Å². The fourth-order valence-electron chi connectivity index (χ4n) is 1.04. The summed E-state index contributed by atoms with van der Waals surface area (Å²) in [7, 11) is 0. The molecule has 12 heavy (non-hydrogen) atoms. The molecule has 0 aromatic heterocycles. The lowest BCUT2D eigenvalue weighted by atomic mass is 10.0. The van der Waals surface area contributed by atoms with Crippen LogP contribution in [0.1, 0.15) is 13.8 Å². The van der Waals surface area contributed by atoms with E-state index in [0.717, 1.165) is 5.57 Å². The number of amides is 1. The molecule has 1 aliphatic rings. The van der Waals surface area contributed by atoms with E-state index in [4.69, 9.17) is 0 Å². The molecular formula is C9H11NO2. The molecule has 0 aromatic carbocycles. The second kappa shape index (κ2) is 3.34. The van der Waals surface area contributed by atoms with Crippen molar-refractivity contribution < 1.29 is 9.59 Å². The summed E-state index contributed by atoms with van der Waals surface area (Å²) in [6.07, 6.45) is 5.04. The van der Waals surface area contributed by atoms with Gasteiger partial charge in [0, 0.05) is 6.92 Å². The number of allylic oxidation sites excluding steroid dienone is 2. The fraction of sp³-hybridized carbons (Fsp3) is 0.333. The van der Waals surface area contributed by atoms with Gasteiger partial charge in [0.1, 0.15) is 6.04 Å². The number of hydrogen-bond acceptors (Lipinski definition) is 2. The molecule has 0 bridgehead atoms. The zero-order chi connectivity index (χ0) is 9.14. The molecule has 1 unspecified atom stereocenters. The maximum absolute atomic E-state index is 11.2. The lowest BCUT2D eigenvalue weighted by Gasteiger charge is -2.13. The van der Waals surface area contributed by atoms with Crippen molar-refractivity contribution in [2.24, 2.45) is 0 Å². The van der Waals surface area contributed by atoms with Crippen LogP contribution in [-0.2, 0) is 9.59 Å². The Hall–Kier alpha value is -1.38. The van der Waals surface area contributed by atoms with Crippen molar-refractivity contribution in [2.75, 3.05) is 0 Å². The second-order valence-corrected chi connectivity index (χ2v) is 2.83. The SMILES string of the molecule is CC(=O)NC1C=CC(C)=CC1=O. The maximum atomic E-state index is 11.2. The van der Waals surface area contributed by atoms with E-state index >= 15 is 0 Å². The Morgan fingerprint density at radius 2 is 2.25 bits per heavy atom. The number of rotatable bonds is 1. The molecule has 1 amide bonds. The summed E-state index contributed by atoms with van der Waals surface area (Å²) in [5.74, 6) is -0.254. The fourth-order valence-corrected chi connectivity index (χ4v) is 1.04. The molecule has 0 heterocycles. The van der Waals surface area contributed by atoms with Crippen molar-refractivity contribution in [3.8, 4) is 0 Å². The van der Waals surface area contributed by atoms with Gasteiger partial charge in [-0.1, -0.05) is 12.2 Å². The van der Waals surface area contributed by atoms with Crippen LogP contribution in [0.3, 0.4) is 0 Å². The van der Waals surface area contributed by atoms with Crippen molar-refractivity contribution in [3.05, 3.63) is 23.8 Å². The van der Waals surface area contributed by atoms with Crippen LogP contribution >= 0.6 is 0 Å². The number of hydrogen-bond donors (Lipinski definition) is 1. The molecule has 3 heteroatoms. The van der Waals surface area contributed by atoms with Gasteiger partial charge in [0.05, 0.1) is 0 Å². The highest BCUT2D eigenvalue weighted by Gasteiger charge is 2.16.